The van der Waals surface area contributed by atoms with Gasteiger partial charge in [0, 0.05) is 40.8 Å². The number of hydrogen-bond donors (Lipinski definition) is 0. The second-order valence-corrected chi connectivity index (χ2v) is 9.52. The van der Waals surface area contributed by atoms with E-state index in [1.807, 2.05) is 79.8 Å². The molecule has 1 aliphatic rings. The van der Waals surface area contributed by atoms with Gasteiger partial charge in [0.15, 0.2) is 7.14 Å². The molecule has 0 unspecified atom stereocenters. The fourth-order valence-corrected chi connectivity index (χ4v) is 6.50. The number of benzene rings is 3. The summed E-state index contributed by atoms with van der Waals surface area (Å²) in [6.45, 7) is 0.625. The smallest absolute Gasteiger partial charge is 0.168 e. The number of methoxy groups -OCH3 is 1. The standard InChI is InChI=1S/C23H22NO2P/c1-24-17-22(16-18-15-19(26-2)13-14-23(18)24)27(25,20-9-5-3-6-10-20)21-11-7-4-8-12-21/h3-16H,17H2,1-2H3. The Bertz CT molecular complexity index is 985. The molecular weight excluding hydrogens is 353 g/mol. The van der Waals surface area contributed by atoms with Gasteiger partial charge in [-0.3, -0.25) is 0 Å². The molecule has 0 radical (unpaired) electrons. The average Bonchev–Trinajstić information content (AvgIpc) is 2.74. The number of fused-ring (bicyclic) bond motifs is 1. The van der Waals surface area contributed by atoms with E-state index >= 15 is 0 Å². The Balaban J connectivity index is 1.94. The van der Waals surface area contributed by atoms with Crippen LogP contribution >= 0.6 is 7.14 Å². The van der Waals surface area contributed by atoms with Gasteiger partial charge in [-0.05, 0) is 24.3 Å². The molecule has 0 N–H and O–H groups in total. The third-order valence-electron chi connectivity index (χ3n) is 5.01. The third kappa shape index (κ3) is 3.09. The topological polar surface area (TPSA) is 29.5 Å². The summed E-state index contributed by atoms with van der Waals surface area (Å²) in [7, 11) is 0.767. The predicted molar refractivity (Wildman–Crippen MR) is 114 cm³/mol. The van der Waals surface area contributed by atoms with Crippen molar-refractivity contribution in [3.8, 4) is 5.75 Å². The molecule has 0 fully saturated rings. The summed E-state index contributed by atoms with van der Waals surface area (Å²) in [6, 6.07) is 25.6. The molecule has 4 rings (SSSR count). The molecule has 1 heterocycles. The monoisotopic (exact) mass is 375 g/mol. The van der Waals surface area contributed by atoms with Crippen molar-refractivity contribution in [2.24, 2.45) is 0 Å². The molecule has 3 aromatic rings. The van der Waals surface area contributed by atoms with Crippen molar-refractivity contribution in [1.82, 2.24) is 0 Å². The van der Waals surface area contributed by atoms with Crippen molar-refractivity contribution in [3.63, 3.8) is 0 Å². The van der Waals surface area contributed by atoms with Crippen LogP contribution in [0, 0.1) is 0 Å². The maximum Gasteiger partial charge on any atom is 0.168 e. The van der Waals surface area contributed by atoms with Crippen molar-refractivity contribution in [1.29, 1.82) is 0 Å². The number of hydrogen-bond acceptors (Lipinski definition) is 3. The minimum Gasteiger partial charge on any atom is -0.497 e. The number of anilines is 1. The SMILES string of the molecule is COc1ccc2c(c1)C=C(P(=O)(c1ccccc1)c1ccccc1)CN2C. The zero-order valence-electron chi connectivity index (χ0n) is 15.5. The minimum absolute atomic E-state index is 0.625. The van der Waals surface area contributed by atoms with E-state index in [0.717, 1.165) is 32.9 Å². The van der Waals surface area contributed by atoms with Gasteiger partial charge in [-0.2, -0.15) is 0 Å². The normalized spacial score (nSPS) is 13.7. The second kappa shape index (κ2) is 7.09. The molecule has 3 nitrogen and oxygen atoms in total. The molecular formula is C23H22NO2P. The van der Waals surface area contributed by atoms with Crippen LogP contribution in [0.25, 0.3) is 6.08 Å². The first-order chi connectivity index (χ1) is 13.1. The molecule has 136 valence electrons. The van der Waals surface area contributed by atoms with Gasteiger partial charge in [-0.15, -0.1) is 0 Å². The lowest BCUT2D eigenvalue weighted by Crippen LogP contribution is -2.28. The highest BCUT2D eigenvalue weighted by molar-refractivity contribution is 7.82. The Hall–Kier alpha value is -2.77. The largest absolute Gasteiger partial charge is 0.497 e. The van der Waals surface area contributed by atoms with Crippen LogP contribution in [0.3, 0.4) is 0 Å². The summed E-state index contributed by atoms with van der Waals surface area (Å²) in [6.07, 6.45) is 2.08. The minimum atomic E-state index is -2.94. The zero-order chi connectivity index (χ0) is 18.9. The molecule has 0 amide bonds. The molecule has 0 aromatic heterocycles. The van der Waals surface area contributed by atoms with Crippen molar-refractivity contribution in [3.05, 3.63) is 89.7 Å². The van der Waals surface area contributed by atoms with E-state index < -0.39 is 7.14 Å². The van der Waals surface area contributed by atoms with Crippen LogP contribution in [-0.4, -0.2) is 20.7 Å². The molecule has 0 spiro atoms. The van der Waals surface area contributed by atoms with Gasteiger partial charge in [0.05, 0.1) is 7.11 Å². The van der Waals surface area contributed by atoms with Crippen molar-refractivity contribution >= 4 is 29.5 Å². The summed E-state index contributed by atoms with van der Waals surface area (Å²) < 4.78 is 19.9. The first-order valence-electron chi connectivity index (χ1n) is 8.94. The first-order valence-corrected chi connectivity index (χ1v) is 10.6. The number of ether oxygens (including phenoxy) is 1. The van der Waals surface area contributed by atoms with Crippen LogP contribution in [0.5, 0.6) is 5.75 Å². The van der Waals surface area contributed by atoms with Crippen molar-refractivity contribution in [2.75, 3.05) is 25.6 Å². The lowest BCUT2D eigenvalue weighted by Gasteiger charge is -2.32. The average molecular weight is 375 g/mol. The van der Waals surface area contributed by atoms with E-state index in [1.54, 1.807) is 7.11 Å². The number of rotatable bonds is 4. The molecule has 27 heavy (non-hydrogen) atoms. The maximum atomic E-state index is 14.6. The highest BCUT2D eigenvalue weighted by atomic mass is 31.2. The van der Waals surface area contributed by atoms with Crippen LogP contribution in [0.2, 0.25) is 0 Å². The molecule has 0 saturated heterocycles. The summed E-state index contributed by atoms with van der Waals surface area (Å²) >= 11 is 0. The fourth-order valence-electron chi connectivity index (χ4n) is 3.62. The van der Waals surface area contributed by atoms with Gasteiger partial charge in [0.25, 0.3) is 0 Å². The van der Waals surface area contributed by atoms with E-state index in [9.17, 15) is 4.57 Å². The quantitative estimate of drug-likeness (QED) is 0.629. The van der Waals surface area contributed by atoms with Crippen LogP contribution in [-0.2, 0) is 4.57 Å². The van der Waals surface area contributed by atoms with Crippen LogP contribution in [0.15, 0.2) is 84.2 Å². The van der Waals surface area contributed by atoms with Crippen LogP contribution in [0.1, 0.15) is 5.56 Å². The summed E-state index contributed by atoms with van der Waals surface area (Å²) in [5.74, 6) is 0.800. The maximum absolute atomic E-state index is 14.6. The van der Waals surface area contributed by atoms with E-state index in [2.05, 4.69) is 17.0 Å². The van der Waals surface area contributed by atoms with E-state index in [1.165, 1.54) is 0 Å². The summed E-state index contributed by atoms with van der Waals surface area (Å²) in [5, 5.41) is 2.66. The first kappa shape index (κ1) is 17.6. The molecule has 4 heteroatoms. The number of likely N-dealkylation sites (N-methyl/N-ethyl adjacent to an activating group) is 1. The molecule has 0 atom stereocenters. The van der Waals surface area contributed by atoms with Crippen LogP contribution < -0.4 is 20.2 Å². The van der Waals surface area contributed by atoms with Crippen molar-refractivity contribution in [2.45, 2.75) is 0 Å². The summed E-state index contributed by atoms with van der Waals surface area (Å²) in [4.78, 5) is 2.16. The van der Waals surface area contributed by atoms with Gasteiger partial charge in [0.2, 0.25) is 0 Å². The third-order valence-corrected chi connectivity index (χ3v) is 8.14. The molecule has 0 bridgehead atoms. The highest BCUT2D eigenvalue weighted by Crippen LogP contribution is 2.54. The highest BCUT2D eigenvalue weighted by Gasteiger charge is 2.34. The molecule has 0 aliphatic carbocycles. The van der Waals surface area contributed by atoms with Gasteiger partial charge < -0.3 is 14.2 Å². The second-order valence-electron chi connectivity index (χ2n) is 6.70. The molecule has 0 saturated carbocycles. The summed E-state index contributed by atoms with van der Waals surface area (Å²) in [5.41, 5.74) is 2.15. The van der Waals surface area contributed by atoms with Gasteiger partial charge >= 0.3 is 0 Å². The van der Waals surface area contributed by atoms with Gasteiger partial charge in [-0.1, -0.05) is 60.7 Å². The lowest BCUT2D eigenvalue weighted by atomic mass is 10.1. The Morgan fingerprint density at radius 3 is 2.04 bits per heavy atom. The van der Waals surface area contributed by atoms with E-state index in [0.29, 0.717) is 6.54 Å². The molecule has 1 aliphatic heterocycles. The lowest BCUT2D eigenvalue weighted by molar-refractivity contribution is 0.414. The Morgan fingerprint density at radius 1 is 0.889 bits per heavy atom. The van der Waals surface area contributed by atoms with Gasteiger partial charge in [-0.25, -0.2) is 0 Å². The van der Waals surface area contributed by atoms with Crippen LogP contribution in [0.4, 0.5) is 5.69 Å². The number of nitrogens with zero attached hydrogens (tertiary/aromatic N) is 1. The Kier molecular flexibility index (Phi) is 4.63. The van der Waals surface area contributed by atoms with Gasteiger partial charge in [0.1, 0.15) is 5.75 Å². The van der Waals surface area contributed by atoms with E-state index in [4.69, 9.17) is 4.74 Å². The molecule has 3 aromatic carbocycles. The Morgan fingerprint density at radius 2 is 1.48 bits per heavy atom. The van der Waals surface area contributed by atoms with E-state index in [-0.39, 0.29) is 0 Å². The predicted octanol–water partition coefficient (Wildman–Crippen LogP) is 4.50. The zero-order valence-corrected chi connectivity index (χ0v) is 16.4. The fraction of sp³-hybridized carbons (Fsp3) is 0.130. The van der Waals surface area contributed by atoms with Crippen molar-refractivity contribution < 1.29 is 9.30 Å². The Labute approximate surface area is 160 Å².